The topological polar surface area (TPSA) is 71.6 Å². The molecule has 2 aromatic rings. The van der Waals surface area contributed by atoms with E-state index in [0.29, 0.717) is 31.2 Å². The summed E-state index contributed by atoms with van der Waals surface area (Å²) in [6.45, 7) is 2.95. The number of benzene rings is 1. The Morgan fingerprint density at radius 3 is 3.05 bits per heavy atom. The Kier molecular flexibility index (Phi) is 3.90. The molecule has 0 bridgehead atoms. The van der Waals surface area contributed by atoms with Crippen molar-refractivity contribution in [3.05, 3.63) is 41.5 Å². The second-order valence-electron chi connectivity index (χ2n) is 5.34. The van der Waals surface area contributed by atoms with Crippen LogP contribution in [0.25, 0.3) is 0 Å². The number of rotatable bonds is 4. The first-order valence-electron chi connectivity index (χ1n) is 7.01. The fraction of sp³-hybridized carbons (Fsp3) is 0.467. The summed E-state index contributed by atoms with van der Waals surface area (Å²) in [6, 6.07) is 8.09. The van der Waals surface area contributed by atoms with E-state index in [0.717, 1.165) is 11.3 Å². The van der Waals surface area contributed by atoms with Crippen LogP contribution in [0.3, 0.4) is 0 Å². The molecule has 0 radical (unpaired) electrons. The van der Waals surface area contributed by atoms with Gasteiger partial charge in [-0.05, 0) is 24.1 Å². The van der Waals surface area contributed by atoms with E-state index in [1.807, 2.05) is 18.2 Å². The van der Waals surface area contributed by atoms with Gasteiger partial charge in [-0.15, -0.1) is 0 Å². The van der Waals surface area contributed by atoms with Crippen LogP contribution in [0.1, 0.15) is 29.7 Å². The van der Waals surface area contributed by atoms with Crippen molar-refractivity contribution in [1.82, 2.24) is 15.0 Å². The van der Waals surface area contributed by atoms with Crippen LogP contribution in [-0.4, -0.2) is 39.9 Å². The number of methoxy groups -OCH3 is 1. The number of likely N-dealkylation sites (tertiary alicyclic amines) is 1. The first-order chi connectivity index (χ1) is 10.2. The van der Waals surface area contributed by atoms with Gasteiger partial charge >= 0.3 is 0 Å². The number of ether oxygens (including phenoxy) is 1. The molecular weight excluding hydrogens is 270 g/mol. The third kappa shape index (κ3) is 3.06. The molecule has 1 aromatic heterocycles. The Labute approximate surface area is 123 Å². The van der Waals surface area contributed by atoms with Crippen molar-refractivity contribution in [2.45, 2.75) is 32.0 Å². The van der Waals surface area contributed by atoms with Crippen molar-refractivity contribution >= 4 is 0 Å². The van der Waals surface area contributed by atoms with Gasteiger partial charge in [0.2, 0.25) is 5.89 Å². The molecule has 0 saturated carbocycles. The van der Waals surface area contributed by atoms with E-state index in [1.54, 1.807) is 14.0 Å². The van der Waals surface area contributed by atoms with Gasteiger partial charge in [-0.2, -0.15) is 4.98 Å². The average molecular weight is 289 g/mol. The molecule has 21 heavy (non-hydrogen) atoms. The van der Waals surface area contributed by atoms with Gasteiger partial charge < -0.3 is 14.4 Å². The molecular formula is C15H19N3O3. The molecule has 3 rings (SSSR count). The van der Waals surface area contributed by atoms with Crippen LogP contribution in [0.5, 0.6) is 5.75 Å². The zero-order valence-electron chi connectivity index (χ0n) is 12.2. The maximum Gasteiger partial charge on any atom is 0.223 e. The van der Waals surface area contributed by atoms with Gasteiger partial charge in [-0.1, -0.05) is 17.3 Å². The maximum atomic E-state index is 10.0. The highest BCUT2D eigenvalue weighted by molar-refractivity contribution is 5.31. The number of aliphatic hydroxyl groups excluding tert-OH is 1. The summed E-state index contributed by atoms with van der Waals surface area (Å²) in [5.41, 5.74) is 1.13. The van der Waals surface area contributed by atoms with Crippen LogP contribution in [0.4, 0.5) is 0 Å². The molecule has 6 nitrogen and oxygen atoms in total. The lowest BCUT2D eigenvalue weighted by atomic mass is 10.0. The normalized spacial score (nSPS) is 22.6. The lowest BCUT2D eigenvalue weighted by Gasteiger charge is -2.23. The van der Waals surface area contributed by atoms with E-state index in [9.17, 15) is 5.11 Å². The Bertz CT molecular complexity index is 614. The van der Waals surface area contributed by atoms with Crippen molar-refractivity contribution in [1.29, 1.82) is 0 Å². The van der Waals surface area contributed by atoms with Crippen molar-refractivity contribution in [2.75, 3.05) is 13.7 Å². The highest BCUT2D eigenvalue weighted by Gasteiger charge is 2.33. The Hall–Kier alpha value is -1.92. The molecule has 1 aliphatic rings. The van der Waals surface area contributed by atoms with Crippen LogP contribution in [0, 0.1) is 6.92 Å². The standard InChI is InChI=1S/C15H19N3O3/c1-10-16-15(17-21-10)9-18-8-12(19)7-14(18)11-4-3-5-13(6-11)20-2/h3-6,12,14,19H,7-9H2,1-2H3/t12-,14-/m0/s1. The van der Waals surface area contributed by atoms with Crippen molar-refractivity contribution < 1.29 is 14.4 Å². The molecule has 1 aromatic carbocycles. The average Bonchev–Trinajstić information content (AvgIpc) is 3.05. The number of hydrogen-bond donors (Lipinski definition) is 1. The number of nitrogens with zero attached hydrogens (tertiary/aromatic N) is 3. The summed E-state index contributed by atoms with van der Waals surface area (Å²) in [7, 11) is 1.66. The summed E-state index contributed by atoms with van der Waals surface area (Å²) in [5.74, 6) is 2.03. The summed E-state index contributed by atoms with van der Waals surface area (Å²) < 4.78 is 10.3. The predicted molar refractivity (Wildman–Crippen MR) is 75.8 cm³/mol. The molecule has 0 unspecified atom stereocenters. The van der Waals surface area contributed by atoms with Gasteiger partial charge in [-0.3, -0.25) is 4.90 Å². The smallest absolute Gasteiger partial charge is 0.223 e. The predicted octanol–water partition coefficient (Wildman–Crippen LogP) is 1.69. The van der Waals surface area contributed by atoms with E-state index in [4.69, 9.17) is 9.26 Å². The number of hydrogen-bond acceptors (Lipinski definition) is 6. The number of aromatic nitrogens is 2. The molecule has 1 N–H and O–H groups in total. The molecule has 0 aliphatic carbocycles. The molecule has 112 valence electrons. The lowest BCUT2D eigenvalue weighted by molar-refractivity contribution is 0.170. The number of aryl methyl sites for hydroxylation is 1. The quantitative estimate of drug-likeness (QED) is 0.923. The second kappa shape index (κ2) is 5.83. The zero-order chi connectivity index (χ0) is 14.8. The van der Waals surface area contributed by atoms with Crippen LogP contribution < -0.4 is 4.74 Å². The molecule has 2 heterocycles. The van der Waals surface area contributed by atoms with E-state index in [1.165, 1.54) is 0 Å². The van der Waals surface area contributed by atoms with Crippen LogP contribution >= 0.6 is 0 Å². The van der Waals surface area contributed by atoms with E-state index >= 15 is 0 Å². The molecule has 0 spiro atoms. The van der Waals surface area contributed by atoms with Crippen LogP contribution in [0.2, 0.25) is 0 Å². The van der Waals surface area contributed by atoms with Gasteiger partial charge in [-0.25, -0.2) is 0 Å². The first-order valence-corrected chi connectivity index (χ1v) is 7.01. The molecule has 1 saturated heterocycles. The SMILES string of the molecule is COc1cccc([C@@H]2C[C@H](O)CN2Cc2noc(C)n2)c1. The summed E-state index contributed by atoms with van der Waals surface area (Å²) in [4.78, 5) is 6.41. The minimum absolute atomic E-state index is 0.133. The Morgan fingerprint density at radius 2 is 2.33 bits per heavy atom. The van der Waals surface area contributed by atoms with Gasteiger partial charge in [0.25, 0.3) is 0 Å². The van der Waals surface area contributed by atoms with Crippen molar-refractivity contribution in [2.24, 2.45) is 0 Å². The minimum atomic E-state index is -0.339. The van der Waals surface area contributed by atoms with Gasteiger partial charge in [0.05, 0.1) is 19.8 Å². The van der Waals surface area contributed by atoms with Crippen molar-refractivity contribution in [3.63, 3.8) is 0 Å². The first kappa shape index (κ1) is 14.0. The molecule has 2 atom stereocenters. The van der Waals surface area contributed by atoms with Crippen molar-refractivity contribution in [3.8, 4) is 5.75 Å². The van der Waals surface area contributed by atoms with E-state index < -0.39 is 0 Å². The van der Waals surface area contributed by atoms with E-state index in [2.05, 4.69) is 21.1 Å². The fourth-order valence-corrected chi connectivity index (χ4v) is 2.84. The number of aliphatic hydroxyl groups is 1. The molecule has 6 heteroatoms. The Balaban J connectivity index is 1.81. The van der Waals surface area contributed by atoms with Gasteiger partial charge in [0.15, 0.2) is 5.82 Å². The largest absolute Gasteiger partial charge is 0.497 e. The van der Waals surface area contributed by atoms with Gasteiger partial charge in [0, 0.05) is 19.5 Å². The third-order valence-electron chi connectivity index (χ3n) is 3.77. The van der Waals surface area contributed by atoms with Crippen LogP contribution in [-0.2, 0) is 6.54 Å². The highest BCUT2D eigenvalue weighted by Crippen LogP contribution is 2.34. The zero-order valence-corrected chi connectivity index (χ0v) is 12.2. The summed E-state index contributed by atoms with van der Waals surface area (Å²) in [5, 5.41) is 13.9. The van der Waals surface area contributed by atoms with E-state index in [-0.39, 0.29) is 12.1 Å². The molecule has 1 aliphatic heterocycles. The highest BCUT2D eigenvalue weighted by atomic mass is 16.5. The summed E-state index contributed by atoms with van der Waals surface area (Å²) >= 11 is 0. The van der Waals surface area contributed by atoms with Crippen LogP contribution in [0.15, 0.2) is 28.8 Å². The monoisotopic (exact) mass is 289 g/mol. The summed E-state index contributed by atoms with van der Waals surface area (Å²) in [6.07, 6.45) is 0.360. The number of β-amino-alcohol motifs (C(OH)–C–C–N with tert-alkyl or cyclic N) is 1. The van der Waals surface area contributed by atoms with Gasteiger partial charge in [0.1, 0.15) is 5.75 Å². The Morgan fingerprint density at radius 1 is 1.48 bits per heavy atom. The third-order valence-corrected chi connectivity index (χ3v) is 3.77. The second-order valence-corrected chi connectivity index (χ2v) is 5.34. The lowest BCUT2D eigenvalue weighted by Crippen LogP contribution is -2.25. The maximum absolute atomic E-state index is 10.0. The minimum Gasteiger partial charge on any atom is -0.497 e. The molecule has 1 fully saturated rings. The fourth-order valence-electron chi connectivity index (χ4n) is 2.84. The molecule has 0 amide bonds.